The molecule has 0 radical (unpaired) electrons. The van der Waals surface area contributed by atoms with Gasteiger partial charge in [0, 0.05) is 0 Å². The van der Waals surface area contributed by atoms with Crippen LogP contribution in [0.5, 0.6) is 5.75 Å². The van der Waals surface area contributed by atoms with Gasteiger partial charge < -0.3 is 9.15 Å². The number of ether oxygens (including phenoxy) is 1. The summed E-state index contributed by atoms with van der Waals surface area (Å²) in [6.07, 6.45) is 1.68. The fourth-order valence-electron chi connectivity index (χ4n) is 1.73. The highest BCUT2D eigenvalue weighted by molar-refractivity contribution is 5.83. The van der Waals surface area contributed by atoms with Gasteiger partial charge in [-0.3, -0.25) is 9.59 Å². The van der Waals surface area contributed by atoms with Crippen molar-refractivity contribution in [2.24, 2.45) is 0 Å². The summed E-state index contributed by atoms with van der Waals surface area (Å²) in [5, 5.41) is 0.437. The van der Waals surface area contributed by atoms with Crippen molar-refractivity contribution >= 4 is 17.3 Å². The number of hydrogen-bond donors (Lipinski definition) is 0. The average molecular weight is 282 g/mol. The van der Waals surface area contributed by atoms with Gasteiger partial charge in [-0.15, -0.1) is 0 Å². The van der Waals surface area contributed by atoms with Gasteiger partial charge in [-0.05, 0) is 24.3 Å². The average Bonchev–Trinajstić information content (AvgIpc) is 2.57. The zero-order valence-corrected chi connectivity index (χ0v) is 11.5. The Morgan fingerprint density at radius 2 is 1.67 bits per heavy atom. The Morgan fingerprint density at radius 1 is 1.00 bits per heavy atom. The lowest BCUT2D eigenvalue weighted by Gasteiger charge is -1.94. The highest BCUT2D eigenvalue weighted by Gasteiger charge is 2.03. The highest BCUT2D eigenvalue weighted by Crippen LogP contribution is 2.09. The molecule has 2 aromatic carbocycles. The quantitative estimate of drug-likeness (QED) is 0.677. The minimum Gasteiger partial charge on any atom is -0.497 e. The number of hydrogen-bond acceptors (Lipinski definition) is 4. The molecule has 106 valence electrons. The van der Waals surface area contributed by atoms with Crippen LogP contribution in [0.3, 0.4) is 0 Å². The van der Waals surface area contributed by atoms with Crippen LogP contribution in [0.2, 0.25) is 0 Å². The van der Waals surface area contributed by atoms with Crippen molar-refractivity contribution in [3.63, 3.8) is 0 Å². The van der Waals surface area contributed by atoms with Gasteiger partial charge in [0.15, 0.2) is 6.29 Å². The van der Waals surface area contributed by atoms with Gasteiger partial charge in [0.1, 0.15) is 17.6 Å². The third-order valence-corrected chi connectivity index (χ3v) is 2.81. The predicted molar refractivity (Wildman–Crippen MR) is 80.9 cm³/mol. The van der Waals surface area contributed by atoms with Crippen molar-refractivity contribution in [2.45, 2.75) is 0 Å². The molecule has 0 N–H and O–H groups in total. The van der Waals surface area contributed by atoms with Crippen molar-refractivity contribution in [1.82, 2.24) is 0 Å². The van der Waals surface area contributed by atoms with Gasteiger partial charge in [-0.25, -0.2) is 0 Å². The number of carbonyl (C=O) groups excluding carboxylic acids is 1. The zero-order chi connectivity index (χ0) is 15.1. The SMILES string of the molecule is COc1ccccc1.O=Cc1coc2ccccc2c1=O. The molecule has 0 aliphatic rings. The second-order valence-corrected chi connectivity index (χ2v) is 4.15. The van der Waals surface area contributed by atoms with Crippen LogP contribution in [-0.2, 0) is 0 Å². The van der Waals surface area contributed by atoms with Crippen molar-refractivity contribution in [1.29, 1.82) is 0 Å². The minimum atomic E-state index is -0.281. The van der Waals surface area contributed by atoms with Crippen LogP contribution < -0.4 is 10.2 Å². The largest absolute Gasteiger partial charge is 0.497 e. The van der Waals surface area contributed by atoms with E-state index in [2.05, 4.69) is 0 Å². The molecule has 0 aliphatic heterocycles. The maximum absolute atomic E-state index is 11.5. The van der Waals surface area contributed by atoms with E-state index in [0.29, 0.717) is 17.3 Å². The number of aldehydes is 1. The second-order valence-electron chi connectivity index (χ2n) is 4.15. The van der Waals surface area contributed by atoms with Crippen LogP contribution in [-0.4, -0.2) is 13.4 Å². The van der Waals surface area contributed by atoms with E-state index in [-0.39, 0.29) is 11.0 Å². The van der Waals surface area contributed by atoms with E-state index >= 15 is 0 Å². The van der Waals surface area contributed by atoms with Crippen molar-refractivity contribution < 1.29 is 13.9 Å². The Kier molecular flexibility index (Phi) is 4.88. The first-order chi connectivity index (χ1) is 10.3. The highest BCUT2D eigenvalue weighted by atomic mass is 16.5. The lowest BCUT2D eigenvalue weighted by molar-refractivity contribution is 0.112. The summed E-state index contributed by atoms with van der Waals surface area (Å²) in [7, 11) is 1.66. The number of carbonyl (C=O) groups is 1. The van der Waals surface area contributed by atoms with E-state index in [1.807, 2.05) is 30.3 Å². The molecule has 3 rings (SSSR count). The molecule has 21 heavy (non-hydrogen) atoms. The van der Waals surface area contributed by atoms with E-state index in [9.17, 15) is 9.59 Å². The topological polar surface area (TPSA) is 56.5 Å². The molecule has 4 heteroatoms. The van der Waals surface area contributed by atoms with E-state index in [1.54, 1.807) is 31.4 Å². The fraction of sp³-hybridized carbons (Fsp3) is 0.0588. The minimum absolute atomic E-state index is 0.0544. The standard InChI is InChI=1S/C10H6O3.C7H8O/c11-5-7-6-13-9-4-2-1-3-8(9)10(7)12;1-8-7-5-3-2-4-6-7/h1-6H;2-6H,1H3. The lowest BCUT2D eigenvalue weighted by Crippen LogP contribution is -2.06. The summed E-state index contributed by atoms with van der Waals surface area (Å²) < 4.78 is 10.00. The summed E-state index contributed by atoms with van der Waals surface area (Å²) in [4.78, 5) is 21.9. The van der Waals surface area contributed by atoms with Gasteiger partial charge in [-0.1, -0.05) is 30.3 Å². The predicted octanol–water partition coefficient (Wildman–Crippen LogP) is 3.30. The maximum atomic E-state index is 11.5. The number of rotatable bonds is 2. The molecule has 1 aromatic heterocycles. The van der Waals surface area contributed by atoms with Crippen LogP contribution in [0.4, 0.5) is 0 Å². The van der Waals surface area contributed by atoms with Crippen LogP contribution in [0.15, 0.2) is 70.1 Å². The summed E-state index contributed by atoms with van der Waals surface area (Å²) in [6, 6.07) is 16.5. The van der Waals surface area contributed by atoms with Crippen LogP contribution in [0.25, 0.3) is 11.0 Å². The Balaban J connectivity index is 0.000000173. The number of benzene rings is 2. The normalized spacial score (nSPS) is 9.57. The monoisotopic (exact) mass is 282 g/mol. The van der Waals surface area contributed by atoms with Crippen molar-refractivity contribution in [3.05, 3.63) is 76.6 Å². The molecule has 0 unspecified atom stereocenters. The molecule has 0 spiro atoms. The molecule has 4 nitrogen and oxygen atoms in total. The fourth-order valence-corrected chi connectivity index (χ4v) is 1.73. The van der Waals surface area contributed by atoms with Crippen molar-refractivity contribution in [3.8, 4) is 5.75 Å². The molecule has 0 amide bonds. The summed E-state index contributed by atoms with van der Waals surface area (Å²) >= 11 is 0. The smallest absolute Gasteiger partial charge is 0.203 e. The van der Waals surface area contributed by atoms with Crippen LogP contribution in [0.1, 0.15) is 10.4 Å². The van der Waals surface area contributed by atoms with Gasteiger partial charge >= 0.3 is 0 Å². The number of fused-ring (bicyclic) bond motifs is 1. The van der Waals surface area contributed by atoms with E-state index in [4.69, 9.17) is 9.15 Å². The third kappa shape index (κ3) is 3.57. The Bertz CT molecular complexity index is 775. The molecular weight excluding hydrogens is 268 g/mol. The molecular formula is C17H14O4. The molecule has 0 saturated heterocycles. The first-order valence-electron chi connectivity index (χ1n) is 6.31. The number of para-hydroxylation sites is 2. The third-order valence-electron chi connectivity index (χ3n) is 2.81. The van der Waals surface area contributed by atoms with Gasteiger partial charge in [-0.2, -0.15) is 0 Å². The Hall–Kier alpha value is -2.88. The molecule has 0 bridgehead atoms. The first kappa shape index (κ1) is 14.5. The summed E-state index contributed by atoms with van der Waals surface area (Å²) in [5.41, 5.74) is 0.272. The Labute approximate surface area is 121 Å². The van der Waals surface area contributed by atoms with Crippen LogP contribution >= 0.6 is 0 Å². The van der Waals surface area contributed by atoms with Gasteiger partial charge in [0.25, 0.3) is 0 Å². The first-order valence-corrected chi connectivity index (χ1v) is 6.31. The molecule has 0 aliphatic carbocycles. The molecule has 3 aromatic rings. The maximum Gasteiger partial charge on any atom is 0.203 e. The van der Waals surface area contributed by atoms with E-state index in [1.165, 1.54) is 6.26 Å². The summed E-state index contributed by atoms with van der Waals surface area (Å²) in [6.45, 7) is 0. The van der Waals surface area contributed by atoms with E-state index < -0.39 is 0 Å². The van der Waals surface area contributed by atoms with Crippen molar-refractivity contribution in [2.75, 3.05) is 7.11 Å². The molecule has 0 fully saturated rings. The summed E-state index contributed by atoms with van der Waals surface area (Å²) in [5.74, 6) is 0.910. The van der Waals surface area contributed by atoms with E-state index in [0.717, 1.165) is 5.75 Å². The van der Waals surface area contributed by atoms with Gasteiger partial charge in [0.05, 0.1) is 18.1 Å². The molecule has 0 saturated carbocycles. The van der Waals surface area contributed by atoms with Crippen LogP contribution in [0, 0.1) is 0 Å². The molecule has 0 atom stereocenters. The molecule has 1 heterocycles. The van der Waals surface area contributed by atoms with Gasteiger partial charge in [0.2, 0.25) is 5.43 Å². The zero-order valence-electron chi connectivity index (χ0n) is 11.5. The lowest BCUT2D eigenvalue weighted by atomic mass is 10.2. The number of methoxy groups -OCH3 is 1. The second kappa shape index (κ2) is 7.05. The Morgan fingerprint density at radius 3 is 2.29 bits per heavy atom.